The first-order valence-corrected chi connectivity index (χ1v) is 12.1. The van der Waals surface area contributed by atoms with Gasteiger partial charge in [0.05, 0.1) is 12.9 Å². The van der Waals surface area contributed by atoms with E-state index in [4.69, 9.17) is 14.9 Å². The van der Waals surface area contributed by atoms with Crippen LogP contribution in [0, 0.1) is 0 Å². The number of nitrogen functional groups attached to an aromatic ring is 1. The number of fused-ring (bicyclic) bond motifs is 1. The summed E-state index contributed by atoms with van der Waals surface area (Å²) in [6.45, 7) is 7.02. The molecular formula is C18H29N5O4Si. The molecule has 2 fully saturated rings. The van der Waals surface area contributed by atoms with Crippen molar-refractivity contribution in [2.75, 3.05) is 12.3 Å². The summed E-state index contributed by atoms with van der Waals surface area (Å²) in [7, 11) is -1.92. The number of nitrogens with two attached hydrogens (primary N) is 1. The topological polar surface area (TPSA) is 129 Å². The lowest BCUT2D eigenvalue weighted by atomic mass is 10.1. The molecule has 10 heteroatoms. The molecule has 2 aromatic rings. The Kier molecular flexibility index (Phi) is 4.95. The van der Waals surface area contributed by atoms with Gasteiger partial charge in [0.15, 0.2) is 26.0 Å². The standard InChI is InChI=1S/C18H29N5O4Si/c1-18(2,3)28(6-4-5-7-28)26-8-11-13(24)14(25)17(27-11)23-10-22-12-15(19)20-9-21-16(12)23/h9-11,13-14,17,24-25H,4-8H2,1-3H3,(H2,19,20,21)/t11-,13-,14+,17?/m1/s1. The van der Waals surface area contributed by atoms with Gasteiger partial charge in [-0.15, -0.1) is 0 Å². The van der Waals surface area contributed by atoms with Crippen molar-refractivity contribution >= 4 is 25.3 Å². The predicted molar refractivity (Wildman–Crippen MR) is 106 cm³/mol. The molecule has 0 bridgehead atoms. The Morgan fingerprint density at radius 1 is 1.21 bits per heavy atom. The number of aliphatic hydroxyl groups excluding tert-OH is 2. The summed E-state index contributed by atoms with van der Waals surface area (Å²) in [5, 5.41) is 21.3. The number of hydrogen-bond acceptors (Lipinski definition) is 8. The first kappa shape index (κ1) is 19.7. The van der Waals surface area contributed by atoms with Crippen molar-refractivity contribution in [1.29, 1.82) is 0 Å². The summed E-state index contributed by atoms with van der Waals surface area (Å²) < 4.78 is 14.1. The molecule has 0 aliphatic carbocycles. The molecule has 4 heterocycles. The third kappa shape index (κ3) is 3.13. The molecule has 0 aromatic carbocycles. The molecule has 2 aromatic heterocycles. The van der Waals surface area contributed by atoms with E-state index in [-0.39, 0.29) is 17.5 Å². The molecule has 154 valence electrons. The van der Waals surface area contributed by atoms with E-state index >= 15 is 0 Å². The number of anilines is 1. The summed E-state index contributed by atoms with van der Waals surface area (Å²) >= 11 is 0. The fourth-order valence-electron chi connectivity index (χ4n) is 4.45. The number of aliphatic hydroxyl groups is 2. The van der Waals surface area contributed by atoms with Gasteiger partial charge in [-0.25, -0.2) is 15.0 Å². The van der Waals surface area contributed by atoms with Crippen LogP contribution in [0.25, 0.3) is 11.2 Å². The van der Waals surface area contributed by atoms with E-state index in [9.17, 15) is 10.2 Å². The Morgan fingerprint density at radius 3 is 2.61 bits per heavy atom. The molecule has 0 amide bonds. The maximum atomic E-state index is 10.6. The van der Waals surface area contributed by atoms with Gasteiger partial charge in [-0.05, 0) is 17.1 Å². The lowest BCUT2D eigenvalue weighted by Gasteiger charge is -2.40. The van der Waals surface area contributed by atoms with Crippen LogP contribution < -0.4 is 5.73 Å². The molecule has 0 spiro atoms. The van der Waals surface area contributed by atoms with Crippen LogP contribution in [0.1, 0.15) is 39.8 Å². The molecule has 2 saturated heterocycles. The molecule has 4 N–H and O–H groups in total. The third-order valence-electron chi connectivity index (χ3n) is 6.30. The van der Waals surface area contributed by atoms with Crippen molar-refractivity contribution in [3.63, 3.8) is 0 Å². The van der Waals surface area contributed by atoms with E-state index < -0.39 is 32.9 Å². The van der Waals surface area contributed by atoms with Crippen molar-refractivity contribution in [3.8, 4) is 0 Å². The van der Waals surface area contributed by atoms with Crippen LogP contribution in [0.2, 0.25) is 17.1 Å². The molecular weight excluding hydrogens is 378 g/mol. The van der Waals surface area contributed by atoms with Gasteiger partial charge >= 0.3 is 0 Å². The predicted octanol–water partition coefficient (Wildman–Crippen LogP) is 1.58. The second kappa shape index (κ2) is 7.03. The van der Waals surface area contributed by atoms with Crippen LogP contribution in [-0.4, -0.2) is 63.0 Å². The zero-order valence-electron chi connectivity index (χ0n) is 16.6. The normalized spacial score (nSPS) is 30.3. The Labute approximate surface area is 165 Å². The minimum Gasteiger partial charge on any atom is -0.414 e. The van der Waals surface area contributed by atoms with Gasteiger partial charge in [-0.2, -0.15) is 0 Å². The monoisotopic (exact) mass is 407 g/mol. The molecule has 1 unspecified atom stereocenters. The minimum atomic E-state index is -1.92. The van der Waals surface area contributed by atoms with Gasteiger partial charge in [0.2, 0.25) is 0 Å². The first-order chi connectivity index (χ1) is 13.2. The van der Waals surface area contributed by atoms with Gasteiger partial charge in [0.25, 0.3) is 0 Å². The molecule has 0 radical (unpaired) electrons. The number of imidazole rings is 1. The lowest BCUT2D eigenvalue weighted by Crippen LogP contribution is -2.47. The smallest absolute Gasteiger partial charge is 0.198 e. The molecule has 0 saturated carbocycles. The highest BCUT2D eigenvalue weighted by Gasteiger charge is 2.51. The molecule has 2 aliphatic heterocycles. The number of hydrogen-bond donors (Lipinski definition) is 3. The van der Waals surface area contributed by atoms with Gasteiger partial charge in [-0.1, -0.05) is 33.6 Å². The fraction of sp³-hybridized carbons (Fsp3) is 0.722. The van der Waals surface area contributed by atoms with Gasteiger partial charge in [0.1, 0.15) is 30.2 Å². The Bertz CT molecular complexity index is 848. The van der Waals surface area contributed by atoms with Crippen LogP contribution >= 0.6 is 0 Å². The van der Waals surface area contributed by atoms with Crippen LogP contribution in [-0.2, 0) is 9.16 Å². The molecule has 28 heavy (non-hydrogen) atoms. The van der Waals surface area contributed by atoms with E-state index in [2.05, 4.69) is 35.7 Å². The zero-order valence-corrected chi connectivity index (χ0v) is 17.6. The zero-order chi connectivity index (χ0) is 20.1. The maximum absolute atomic E-state index is 10.6. The summed E-state index contributed by atoms with van der Waals surface area (Å²) in [5.41, 5.74) is 6.74. The van der Waals surface area contributed by atoms with Crippen LogP contribution in [0.4, 0.5) is 5.82 Å². The maximum Gasteiger partial charge on any atom is 0.198 e. The molecule has 4 rings (SSSR count). The SMILES string of the molecule is CC(C)(C)[Si]1(OC[C@H]2OC(n3cnc4c(N)ncnc43)[C@@H](O)[C@@H]2O)CCCC1. The lowest BCUT2D eigenvalue weighted by molar-refractivity contribution is -0.0493. The Balaban J connectivity index is 1.52. The fourth-order valence-corrected chi connectivity index (χ4v) is 9.05. The van der Waals surface area contributed by atoms with Crippen LogP contribution in [0.5, 0.6) is 0 Å². The van der Waals surface area contributed by atoms with Crippen molar-refractivity contribution in [3.05, 3.63) is 12.7 Å². The number of ether oxygens (including phenoxy) is 1. The summed E-state index contributed by atoms with van der Waals surface area (Å²) in [6, 6.07) is 2.27. The van der Waals surface area contributed by atoms with E-state index in [1.165, 1.54) is 25.5 Å². The van der Waals surface area contributed by atoms with E-state index in [0.29, 0.717) is 11.2 Å². The number of nitrogens with zero attached hydrogens (tertiary/aromatic N) is 4. The third-order valence-corrected chi connectivity index (χ3v) is 12.1. The quantitative estimate of drug-likeness (QED) is 0.652. The second-order valence-electron chi connectivity index (χ2n) is 8.89. The van der Waals surface area contributed by atoms with Crippen molar-refractivity contribution < 1.29 is 19.4 Å². The van der Waals surface area contributed by atoms with Crippen LogP contribution in [0.15, 0.2) is 12.7 Å². The van der Waals surface area contributed by atoms with Crippen molar-refractivity contribution in [1.82, 2.24) is 19.5 Å². The molecule has 9 nitrogen and oxygen atoms in total. The van der Waals surface area contributed by atoms with E-state index in [0.717, 1.165) is 12.1 Å². The van der Waals surface area contributed by atoms with Gasteiger partial charge in [-0.3, -0.25) is 4.57 Å². The molecule has 2 aliphatic rings. The van der Waals surface area contributed by atoms with E-state index in [1.54, 1.807) is 4.57 Å². The average molecular weight is 408 g/mol. The van der Waals surface area contributed by atoms with Crippen LogP contribution in [0.3, 0.4) is 0 Å². The highest BCUT2D eigenvalue weighted by molar-refractivity contribution is 6.77. The highest BCUT2D eigenvalue weighted by atomic mass is 28.4. The van der Waals surface area contributed by atoms with Gasteiger partial charge in [0, 0.05) is 0 Å². The minimum absolute atomic E-state index is 0.125. The number of aromatic nitrogens is 4. The van der Waals surface area contributed by atoms with Crippen molar-refractivity contribution in [2.24, 2.45) is 0 Å². The summed E-state index contributed by atoms with van der Waals surface area (Å²) in [6.07, 6.45) is 1.67. The first-order valence-electron chi connectivity index (χ1n) is 9.82. The Morgan fingerprint density at radius 2 is 1.93 bits per heavy atom. The molecule has 4 atom stereocenters. The van der Waals surface area contributed by atoms with Crippen molar-refractivity contribution in [2.45, 2.75) is 75.3 Å². The van der Waals surface area contributed by atoms with Gasteiger partial charge < -0.3 is 25.1 Å². The highest BCUT2D eigenvalue weighted by Crippen LogP contribution is 2.48. The average Bonchev–Trinajstić information content (AvgIpc) is 3.34. The van der Waals surface area contributed by atoms with E-state index in [1.807, 2.05) is 0 Å². The Hall–Kier alpha value is -1.59. The second-order valence-corrected chi connectivity index (χ2v) is 13.7. The summed E-state index contributed by atoms with van der Waals surface area (Å²) in [4.78, 5) is 12.3. The number of rotatable bonds is 4. The summed E-state index contributed by atoms with van der Waals surface area (Å²) in [5.74, 6) is 0.260. The largest absolute Gasteiger partial charge is 0.414 e.